The van der Waals surface area contributed by atoms with Gasteiger partial charge in [-0.2, -0.15) is 25.3 Å². The summed E-state index contributed by atoms with van der Waals surface area (Å²) < 4.78 is 3.74. The average molecular weight is 213 g/mol. The predicted octanol–water partition coefficient (Wildman–Crippen LogP) is 1.78. The Bertz CT molecular complexity index is 272. The van der Waals surface area contributed by atoms with E-state index < -0.39 is 4.08 Å². The van der Waals surface area contributed by atoms with Gasteiger partial charge in [-0.15, -0.1) is 0 Å². The van der Waals surface area contributed by atoms with Gasteiger partial charge in [0.1, 0.15) is 10.7 Å². The predicted molar refractivity (Wildman–Crippen MR) is 57.7 cm³/mol. The first-order valence-electron chi connectivity index (χ1n) is 3.66. The van der Waals surface area contributed by atoms with Crippen LogP contribution in [0.3, 0.4) is 0 Å². The minimum atomic E-state index is -0.751. The lowest BCUT2D eigenvalue weighted by Gasteiger charge is -2.20. The van der Waals surface area contributed by atoms with Crippen molar-refractivity contribution in [3.63, 3.8) is 0 Å². The summed E-state index contributed by atoms with van der Waals surface area (Å²) in [6, 6.07) is 9.39. The molecule has 0 aliphatic rings. The van der Waals surface area contributed by atoms with Crippen LogP contribution in [0.2, 0.25) is 0 Å². The van der Waals surface area contributed by atoms with E-state index in [9.17, 15) is 4.79 Å². The summed E-state index contributed by atoms with van der Waals surface area (Å²) in [5.41, 5.74) is 0.886. The van der Waals surface area contributed by atoms with Crippen molar-refractivity contribution in [2.45, 2.75) is 4.08 Å². The number of hydrogen-bond donors (Lipinski definition) is 2. The quantitative estimate of drug-likeness (QED) is 0.589. The maximum atomic E-state index is 9.87. The summed E-state index contributed by atoms with van der Waals surface area (Å²) >= 11 is 8.54. The molecule has 1 radical (unpaired) electrons. The standard InChI is InChI=1S/C9H9O2S2/c10-7-11-6-9(12,13)8-4-2-1-3-5-8/h1-5,12-13H,6H2. The van der Waals surface area contributed by atoms with Crippen molar-refractivity contribution in [2.24, 2.45) is 0 Å². The van der Waals surface area contributed by atoms with Gasteiger partial charge in [0.2, 0.25) is 0 Å². The van der Waals surface area contributed by atoms with Crippen LogP contribution in [0, 0.1) is 0 Å². The third-order valence-corrected chi connectivity index (χ3v) is 2.34. The molecular formula is C9H9O2S2. The van der Waals surface area contributed by atoms with Crippen molar-refractivity contribution in [2.75, 3.05) is 6.61 Å². The molecule has 0 spiro atoms. The summed E-state index contributed by atoms with van der Waals surface area (Å²) in [5, 5.41) is 0. The topological polar surface area (TPSA) is 26.3 Å². The highest BCUT2D eigenvalue weighted by atomic mass is 32.2. The maximum absolute atomic E-state index is 9.87. The number of benzene rings is 1. The SMILES string of the molecule is O=[C]OCC(S)(S)c1ccccc1. The minimum Gasteiger partial charge on any atom is -0.455 e. The van der Waals surface area contributed by atoms with E-state index in [-0.39, 0.29) is 6.61 Å². The van der Waals surface area contributed by atoms with Gasteiger partial charge >= 0.3 is 6.47 Å². The Morgan fingerprint density at radius 2 is 1.92 bits per heavy atom. The Hall–Kier alpha value is -0.610. The highest BCUT2D eigenvalue weighted by Crippen LogP contribution is 2.32. The molecule has 1 rings (SSSR count). The highest BCUT2D eigenvalue weighted by molar-refractivity contribution is 7.99. The molecule has 0 atom stereocenters. The van der Waals surface area contributed by atoms with Crippen molar-refractivity contribution in [1.82, 2.24) is 0 Å². The van der Waals surface area contributed by atoms with Gasteiger partial charge < -0.3 is 4.74 Å². The number of thiol groups is 2. The largest absolute Gasteiger partial charge is 0.455 e. The van der Waals surface area contributed by atoms with E-state index >= 15 is 0 Å². The molecule has 0 aliphatic carbocycles. The van der Waals surface area contributed by atoms with Gasteiger partial charge in [-0.05, 0) is 5.56 Å². The van der Waals surface area contributed by atoms with Crippen molar-refractivity contribution in [3.8, 4) is 0 Å². The van der Waals surface area contributed by atoms with Crippen LogP contribution in [0.25, 0.3) is 0 Å². The van der Waals surface area contributed by atoms with E-state index in [1.165, 1.54) is 6.47 Å². The maximum Gasteiger partial charge on any atom is 0.417 e. The molecule has 0 bridgehead atoms. The summed E-state index contributed by atoms with van der Waals surface area (Å²) in [7, 11) is 0. The molecular weight excluding hydrogens is 204 g/mol. The molecule has 69 valence electrons. The van der Waals surface area contributed by atoms with Gasteiger partial charge in [0, 0.05) is 0 Å². The van der Waals surface area contributed by atoms with Gasteiger partial charge in [-0.3, -0.25) is 0 Å². The second-order valence-corrected chi connectivity index (χ2v) is 4.43. The van der Waals surface area contributed by atoms with E-state index in [4.69, 9.17) is 0 Å². The lowest BCUT2D eigenvalue weighted by molar-refractivity contribution is 0.272. The Morgan fingerprint density at radius 1 is 1.31 bits per heavy atom. The fourth-order valence-corrected chi connectivity index (χ4v) is 1.35. The van der Waals surface area contributed by atoms with E-state index in [1.54, 1.807) is 0 Å². The van der Waals surface area contributed by atoms with Crippen LogP contribution in [0.15, 0.2) is 30.3 Å². The van der Waals surface area contributed by atoms with Crippen molar-refractivity contribution < 1.29 is 9.53 Å². The van der Waals surface area contributed by atoms with Gasteiger partial charge in [-0.1, -0.05) is 30.3 Å². The molecule has 0 aromatic heterocycles. The van der Waals surface area contributed by atoms with Crippen molar-refractivity contribution in [3.05, 3.63) is 35.9 Å². The lowest BCUT2D eigenvalue weighted by Crippen LogP contribution is -2.18. The number of hydrogen-bond acceptors (Lipinski definition) is 4. The second kappa shape index (κ2) is 4.58. The van der Waals surface area contributed by atoms with Crippen LogP contribution in [0.5, 0.6) is 0 Å². The first-order chi connectivity index (χ1) is 6.17. The molecule has 0 heterocycles. The number of carbonyl (C=O) groups excluding carboxylic acids is 1. The van der Waals surface area contributed by atoms with Crippen LogP contribution in [-0.4, -0.2) is 13.1 Å². The van der Waals surface area contributed by atoms with Crippen molar-refractivity contribution in [1.29, 1.82) is 0 Å². The summed E-state index contributed by atoms with van der Waals surface area (Å²) in [5.74, 6) is 0. The smallest absolute Gasteiger partial charge is 0.417 e. The normalized spacial score (nSPS) is 10.9. The van der Waals surface area contributed by atoms with Crippen LogP contribution in [0.4, 0.5) is 0 Å². The first kappa shape index (κ1) is 10.5. The van der Waals surface area contributed by atoms with E-state index in [0.717, 1.165) is 5.56 Å². The highest BCUT2D eigenvalue weighted by Gasteiger charge is 2.23. The molecule has 0 unspecified atom stereocenters. The van der Waals surface area contributed by atoms with Crippen molar-refractivity contribution >= 4 is 31.7 Å². The molecule has 0 fully saturated rings. The van der Waals surface area contributed by atoms with Gasteiger partial charge in [0.25, 0.3) is 0 Å². The first-order valence-corrected chi connectivity index (χ1v) is 4.55. The Morgan fingerprint density at radius 3 is 2.46 bits per heavy atom. The zero-order valence-corrected chi connectivity index (χ0v) is 8.59. The van der Waals surface area contributed by atoms with Crippen LogP contribution in [0.1, 0.15) is 5.56 Å². The number of ether oxygens (including phenoxy) is 1. The molecule has 0 aliphatic heterocycles. The Balaban J connectivity index is 2.74. The minimum absolute atomic E-state index is 0.0900. The summed E-state index contributed by atoms with van der Waals surface area (Å²) in [6.07, 6.45) is 0. The molecule has 1 aromatic carbocycles. The zero-order valence-electron chi connectivity index (χ0n) is 6.80. The fraction of sp³-hybridized carbons (Fsp3) is 0.222. The van der Waals surface area contributed by atoms with Crippen LogP contribution >= 0.6 is 25.3 Å². The Kier molecular flexibility index (Phi) is 3.69. The molecule has 0 saturated heterocycles. The summed E-state index contributed by atoms with van der Waals surface area (Å²) in [6.45, 7) is 1.44. The molecule has 0 amide bonds. The monoisotopic (exact) mass is 213 g/mol. The molecule has 0 N–H and O–H groups in total. The van der Waals surface area contributed by atoms with Gasteiger partial charge in [0.15, 0.2) is 0 Å². The van der Waals surface area contributed by atoms with E-state index in [1.807, 2.05) is 30.3 Å². The second-order valence-electron chi connectivity index (χ2n) is 2.55. The van der Waals surface area contributed by atoms with E-state index in [2.05, 4.69) is 30.0 Å². The zero-order chi connectivity index (χ0) is 9.73. The van der Waals surface area contributed by atoms with E-state index in [0.29, 0.717) is 0 Å². The fourth-order valence-electron chi connectivity index (χ4n) is 0.919. The molecule has 4 heteroatoms. The molecule has 0 saturated carbocycles. The third-order valence-electron chi connectivity index (χ3n) is 1.57. The van der Waals surface area contributed by atoms with Crippen LogP contribution < -0.4 is 0 Å². The lowest BCUT2D eigenvalue weighted by atomic mass is 10.1. The number of rotatable bonds is 4. The average Bonchev–Trinajstić information content (AvgIpc) is 2.16. The van der Waals surface area contributed by atoms with Gasteiger partial charge in [0.05, 0.1) is 0 Å². The summed E-state index contributed by atoms with van der Waals surface area (Å²) in [4.78, 5) is 9.87. The molecule has 13 heavy (non-hydrogen) atoms. The van der Waals surface area contributed by atoms with Crippen LogP contribution in [-0.2, 0) is 13.6 Å². The molecule has 1 aromatic rings. The molecule has 2 nitrogen and oxygen atoms in total. The third kappa shape index (κ3) is 2.97. The Labute approximate surface area is 88.1 Å². The van der Waals surface area contributed by atoms with Gasteiger partial charge in [-0.25, -0.2) is 4.79 Å².